The number of ether oxygens (including phenoxy) is 2. The minimum atomic E-state index is -0.511. The van der Waals surface area contributed by atoms with Gasteiger partial charge in [-0.25, -0.2) is 14.5 Å². The Bertz CT molecular complexity index is 1520. The van der Waals surface area contributed by atoms with Crippen LogP contribution in [0.15, 0.2) is 69.8 Å². The summed E-state index contributed by atoms with van der Waals surface area (Å²) in [5.41, 5.74) is 14.0. The van der Waals surface area contributed by atoms with Crippen molar-refractivity contribution < 1.29 is 14.4 Å². The number of hydrogen-bond acceptors (Lipinski definition) is 11. The van der Waals surface area contributed by atoms with Gasteiger partial charge in [0.2, 0.25) is 11.7 Å². The van der Waals surface area contributed by atoms with E-state index in [0.717, 1.165) is 11.1 Å². The Morgan fingerprint density at radius 3 is 2.58 bits per heavy atom. The first-order valence-corrected chi connectivity index (χ1v) is 11.7. The van der Waals surface area contributed by atoms with Crippen LogP contribution < -0.4 is 14.8 Å². The van der Waals surface area contributed by atoms with Crippen molar-refractivity contribution in [3.63, 3.8) is 0 Å². The number of methoxy groups -OCH3 is 1. The standard InChI is InChI=1S/C22H22ClN7O4.H2N6/c1-28(2)8-9-34-20-11-19(33-3)16(10-18(20)30(31)32)26-22-24-13-15(23)21(27-22)14-12-25-29-7-5-4-6-17(14)29;1-3-5-6-4-2/h4-7,10-13H,8-9H2,1-3H3,(H,24,26,27);1-2H/b;3-1?,4-2?,6-5+. The molecule has 0 saturated carbocycles. The molecule has 0 saturated heterocycles. The first-order valence-electron chi connectivity index (χ1n) is 11.3. The van der Waals surface area contributed by atoms with Crippen LogP contribution in [-0.2, 0) is 0 Å². The van der Waals surface area contributed by atoms with Crippen molar-refractivity contribution in [2.24, 2.45) is 20.9 Å². The molecular weight excluding hydrogens is 546 g/mol. The summed E-state index contributed by atoms with van der Waals surface area (Å²) in [4.78, 5) is 21.8. The van der Waals surface area contributed by atoms with Gasteiger partial charge in [0, 0.05) is 30.4 Å². The Kier molecular flexibility index (Phi) is 10.4. The number of nitro benzene ring substituents is 1. The molecule has 3 heterocycles. The molecule has 0 fully saturated rings. The molecule has 0 bridgehead atoms. The lowest BCUT2D eigenvalue weighted by Crippen LogP contribution is -2.19. The predicted molar refractivity (Wildman–Crippen MR) is 143 cm³/mol. The number of halogens is 1. The second-order valence-electron chi connectivity index (χ2n) is 7.91. The highest BCUT2D eigenvalue weighted by Gasteiger charge is 2.22. The smallest absolute Gasteiger partial charge is 0.313 e. The fraction of sp³-hybridized carbons (Fsp3) is 0.227. The quantitative estimate of drug-likeness (QED) is 0.120. The Labute approximate surface area is 231 Å². The summed E-state index contributed by atoms with van der Waals surface area (Å²) in [6.45, 7) is 0.886. The summed E-state index contributed by atoms with van der Waals surface area (Å²) in [5, 5.41) is 29.5. The molecule has 0 radical (unpaired) electrons. The van der Waals surface area contributed by atoms with Gasteiger partial charge in [-0.1, -0.05) is 17.7 Å². The number of fused-ring (bicyclic) bond motifs is 1. The van der Waals surface area contributed by atoms with Gasteiger partial charge in [0.15, 0.2) is 0 Å². The van der Waals surface area contributed by atoms with Gasteiger partial charge in [0.05, 0.1) is 46.3 Å². The number of aromatic nitrogens is 4. The van der Waals surface area contributed by atoms with Crippen LogP contribution in [0.3, 0.4) is 0 Å². The third-order valence-corrected chi connectivity index (χ3v) is 5.35. The van der Waals surface area contributed by atoms with Crippen molar-refractivity contribution in [3.05, 3.63) is 64.1 Å². The van der Waals surface area contributed by atoms with Crippen molar-refractivity contribution in [2.75, 3.05) is 39.7 Å². The number of hydrogen-bond donors (Lipinski definition) is 3. The number of nitro groups is 1. The van der Waals surface area contributed by atoms with Gasteiger partial charge in [-0.15, -0.1) is 0 Å². The van der Waals surface area contributed by atoms with Crippen LogP contribution in [0.5, 0.6) is 11.5 Å². The van der Waals surface area contributed by atoms with E-state index in [9.17, 15) is 10.1 Å². The molecule has 3 N–H and O–H groups in total. The van der Waals surface area contributed by atoms with Crippen LogP contribution in [0.4, 0.5) is 17.3 Å². The third kappa shape index (κ3) is 7.45. The monoisotopic (exact) mass is 569 g/mol. The van der Waals surface area contributed by atoms with Crippen molar-refractivity contribution >= 4 is 34.4 Å². The topological polar surface area (TPSA) is 217 Å². The van der Waals surface area contributed by atoms with E-state index >= 15 is 0 Å². The van der Waals surface area contributed by atoms with Crippen LogP contribution in [0.2, 0.25) is 5.02 Å². The van der Waals surface area contributed by atoms with Crippen LogP contribution in [-0.4, -0.2) is 63.8 Å². The zero-order valence-corrected chi connectivity index (χ0v) is 22.3. The Morgan fingerprint density at radius 2 is 1.93 bits per heavy atom. The SMILES string of the molecule is COc1cc(OCCN(C)C)c([N+](=O)[O-])cc1Nc1ncc(Cl)c(-c2cnn3ccccc23)n1.N=N/N=N/N=N. The summed E-state index contributed by atoms with van der Waals surface area (Å²) in [6.07, 6.45) is 4.94. The number of pyridine rings is 1. The molecule has 208 valence electrons. The fourth-order valence-corrected chi connectivity index (χ4v) is 3.50. The second-order valence-corrected chi connectivity index (χ2v) is 8.32. The van der Waals surface area contributed by atoms with E-state index in [-0.39, 0.29) is 24.0 Å². The maximum Gasteiger partial charge on any atom is 0.313 e. The van der Waals surface area contributed by atoms with Crippen LogP contribution in [0, 0.1) is 21.2 Å². The number of rotatable bonds is 11. The fourth-order valence-electron chi connectivity index (χ4n) is 3.31. The van der Waals surface area contributed by atoms with Gasteiger partial charge in [0.1, 0.15) is 12.4 Å². The van der Waals surface area contributed by atoms with E-state index < -0.39 is 4.92 Å². The normalized spacial score (nSPS) is 10.7. The van der Waals surface area contributed by atoms with E-state index in [2.05, 4.69) is 41.3 Å². The molecule has 4 rings (SSSR count). The highest BCUT2D eigenvalue weighted by molar-refractivity contribution is 6.33. The maximum absolute atomic E-state index is 11.7. The lowest BCUT2D eigenvalue weighted by Gasteiger charge is -2.15. The predicted octanol–water partition coefficient (Wildman–Crippen LogP) is 5.38. The molecule has 0 aliphatic rings. The van der Waals surface area contributed by atoms with Gasteiger partial charge in [-0.2, -0.15) is 16.2 Å². The first-order chi connectivity index (χ1) is 19.3. The Balaban J connectivity index is 0.000000663. The van der Waals surface area contributed by atoms with Crippen molar-refractivity contribution in [1.29, 1.82) is 11.1 Å². The average molecular weight is 570 g/mol. The lowest BCUT2D eigenvalue weighted by molar-refractivity contribution is -0.385. The van der Waals surface area contributed by atoms with Crippen LogP contribution >= 0.6 is 11.6 Å². The molecule has 0 aliphatic carbocycles. The summed E-state index contributed by atoms with van der Waals surface area (Å²) in [6, 6.07) is 8.46. The Morgan fingerprint density at radius 1 is 1.18 bits per heavy atom. The first kappa shape index (κ1) is 29.4. The maximum atomic E-state index is 11.7. The van der Waals surface area contributed by atoms with Gasteiger partial charge in [-0.05, 0) is 47.1 Å². The van der Waals surface area contributed by atoms with Gasteiger partial charge in [-0.3, -0.25) is 10.1 Å². The largest absolute Gasteiger partial charge is 0.494 e. The molecule has 0 amide bonds. The lowest BCUT2D eigenvalue weighted by atomic mass is 10.2. The van der Waals surface area contributed by atoms with Crippen molar-refractivity contribution in [1.82, 2.24) is 24.5 Å². The summed E-state index contributed by atoms with van der Waals surface area (Å²) >= 11 is 6.38. The average Bonchev–Trinajstić information content (AvgIpc) is 3.37. The highest BCUT2D eigenvalue weighted by Crippen LogP contribution is 2.39. The molecule has 0 atom stereocenters. The Hall–Kier alpha value is -5.16. The van der Waals surface area contributed by atoms with Crippen LogP contribution in [0.25, 0.3) is 16.8 Å². The summed E-state index contributed by atoms with van der Waals surface area (Å²) < 4.78 is 12.8. The molecule has 3 aromatic heterocycles. The van der Waals surface area contributed by atoms with E-state index in [1.165, 1.54) is 25.4 Å². The minimum absolute atomic E-state index is 0.110. The van der Waals surface area contributed by atoms with Gasteiger partial charge < -0.3 is 19.7 Å². The number of nitrogens with one attached hydrogen (secondary N) is 3. The van der Waals surface area contributed by atoms with Crippen LogP contribution in [0.1, 0.15) is 0 Å². The third-order valence-electron chi connectivity index (χ3n) is 5.08. The molecule has 0 unspecified atom stereocenters. The molecule has 17 nitrogen and oxygen atoms in total. The number of benzene rings is 1. The molecule has 4 aromatic rings. The van der Waals surface area contributed by atoms with Crippen molar-refractivity contribution in [3.8, 4) is 22.8 Å². The van der Waals surface area contributed by atoms with E-state index in [4.69, 9.17) is 32.1 Å². The number of anilines is 2. The molecule has 18 heteroatoms. The van der Waals surface area contributed by atoms with Gasteiger partial charge >= 0.3 is 5.69 Å². The number of likely N-dealkylation sites (N-methyl/N-ethyl adjacent to an activating group) is 1. The summed E-state index contributed by atoms with van der Waals surface area (Å²) in [5.74, 6) is 0.628. The zero-order chi connectivity index (χ0) is 29.1. The highest BCUT2D eigenvalue weighted by atomic mass is 35.5. The minimum Gasteiger partial charge on any atom is -0.494 e. The van der Waals surface area contributed by atoms with E-state index in [1.807, 2.05) is 43.4 Å². The zero-order valence-electron chi connectivity index (χ0n) is 21.5. The molecule has 0 spiro atoms. The molecule has 1 aromatic carbocycles. The summed E-state index contributed by atoms with van der Waals surface area (Å²) in [7, 11) is 5.24. The molecule has 0 aliphatic heterocycles. The second kappa shape index (κ2) is 14.1. The van der Waals surface area contributed by atoms with Gasteiger partial charge in [0.25, 0.3) is 0 Å². The molecular formula is C22H24ClN13O4. The van der Waals surface area contributed by atoms with E-state index in [0.29, 0.717) is 28.7 Å². The van der Waals surface area contributed by atoms with Crippen molar-refractivity contribution in [2.45, 2.75) is 0 Å². The van der Waals surface area contributed by atoms with E-state index in [1.54, 1.807) is 10.7 Å². The number of nitrogens with zero attached hydrogens (tertiary/aromatic N) is 10. The molecule has 40 heavy (non-hydrogen) atoms.